The highest BCUT2D eigenvalue weighted by molar-refractivity contribution is 6.01. The van der Waals surface area contributed by atoms with Crippen LogP contribution in [0.2, 0.25) is 0 Å². The molecule has 9 nitrogen and oxygen atoms in total. The number of aromatic nitrogens is 6. The molecule has 0 fully saturated rings. The minimum absolute atomic E-state index is 0.120. The van der Waals surface area contributed by atoms with E-state index in [2.05, 4.69) is 28.1 Å². The molecule has 0 bridgehead atoms. The second-order valence-corrected chi connectivity index (χ2v) is 9.00. The molecular weight excluding hydrogens is 452 g/mol. The number of unbranched alkanes of at least 4 members (excludes halogenated alkanes) is 2. The molecule has 0 saturated carbocycles. The van der Waals surface area contributed by atoms with Gasteiger partial charge in [-0.05, 0) is 38.0 Å². The summed E-state index contributed by atoms with van der Waals surface area (Å²) in [6, 6.07) is 13.2. The van der Waals surface area contributed by atoms with Crippen LogP contribution < -0.4 is 5.73 Å². The third-order valence-corrected chi connectivity index (χ3v) is 6.49. The van der Waals surface area contributed by atoms with Crippen molar-refractivity contribution >= 4 is 22.6 Å². The molecule has 1 aliphatic carbocycles. The fourth-order valence-electron chi connectivity index (χ4n) is 4.72. The van der Waals surface area contributed by atoms with Crippen molar-refractivity contribution in [2.75, 3.05) is 5.73 Å². The lowest BCUT2D eigenvalue weighted by molar-refractivity contribution is 0.0994. The summed E-state index contributed by atoms with van der Waals surface area (Å²) in [4.78, 5) is 20.3. The maximum atomic E-state index is 12.3. The van der Waals surface area contributed by atoms with Gasteiger partial charge in [0.2, 0.25) is 0 Å². The Labute approximate surface area is 208 Å². The van der Waals surface area contributed by atoms with E-state index in [0.29, 0.717) is 41.3 Å². The van der Waals surface area contributed by atoms with Gasteiger partial charge in [-0.3, -0.25) is 4.79 Å². The standard InChI is InChI=1S/C27H28N8O/c1-3-4-5-14-34-27-20(26(33-34)19-8-6-18(16-28)7-9-19)12-13-30-24(15-23(29)31-27)35-21-10-11-22(36)25(21)17(2)32-35/h6-9,12-13,15,31H,3-5,10-11,14,29H2,1-2H3. The van der Waals surface area contributed by atoms with E-state index < -0.39 is 0 Å². The van der Waals surface area contributed by atoms with Crippen LogP contribution in [0.25, 0.3) is 28.1 Å². The van der Waals surface area contributed by atoms with E-state index in [1.807, 2.05) is 29.8 Å². The topological polar surface area (TPSA) is 131 Å². The predicted octanol–water partition coefficient (Wildman–Crippen LogP) is 4.82. The molecule has 182 valence electrons. The lowest BCUT2D eigenvalue weighted by Crippen LogP contribution is -2.04. The third kappa shape index (κ3) is 4.22. The van der Waals surface area contributed by atoms with Crippen LogP contribution in [0.5, 0.6) is 0 Å². The minimum Gasteiger partial charge on any atom is -0.385 e. The van der Waals surface area contributed by atoms with Crippen LogP contribution in [-0.4, -0.2) is 35.3 Å². The number of fused-ring (bicyclic) bond motifs is 2. The van der Waals surface area contributed by atoms with Crippen molar-refractivity contribution < 1.29 is 4.79 Å². The Kier molecular flexibility index (Phi) is 6.25. The van der Waals surface area contributed by atoms with Gasteiger partial charge >= 0.3 is 0 Å². The van der Waals surface area contributed by atoms with Crippen LogP contribution in [0.3, 0.4) is 0 Å². The van der Waals surface area contributed by atoms with Gasteiger partial charge in [-0.2, -0.15) is 15.5 Å². The first kappa shape index (κ1) is 23.3. The van der Waals surface area contributed by atoms with Crippen LogP contribution in [0.15, 0.2) is 42.6 Å². The summed E-state index contributed by atoms with van der Waals surface area (Å²) < 4.78 is 3.67. The number of hydrogen-bond donors (Lipinski definition) is 2. The van der Waals surface area contributed by atoms with Gasteiger partial charge in [-0.1, -0.05) is 31.9 Å². The molecule has 3 heterocycles. The normalized spacial score (nSPS) is 12.5. The number of carbonyl (C=O) groups excluding carboxylic acids is 1. The van der Waals surface area contributed by atoms with Crippen LogP contribution in [0.1, 0.15) is 59.9 Å². The Hall–Kier alpha value is -4.45. The lowest BCUT2D eigenvalue weighted by Gasteiger charge is -2.04. The van der Waals surface area contributed by atoms with E-state index in [0.717, 1.165) is 53.8 Å². The molecule has 1 aliphatic rings. The number of aromatic amines is 1. The maximum Gasteiger partial charge on any atom is 0.166 e. The predicted molar refractivity (Wildman–Crippen MR) is 138 cm³/mol. The zero-order valence-corrected chi connectivity index (χ0v) is 20.5. The number of Topliss-reactive ketones (excluding diaryl/α,β-unsaturated/α-hetero) is 1. The number of ketones is 1. The number of nitriles is 1. The summed E-state index contributed by atoms with van der Waals surface area (Å²) in [6.07, 6.45) is 6.03. The molecule has 4 aromatic rings. The van der Waals surface area contributed by atoms with Crippen molar-refractivity contribution in [2.45, 2.75) is 52.5 Å². The second kappa shape index (κ2) is 9.66. The number of carbonyl (C=O) groups is 1. The Morgan fingerprint density at radius 2 is 1.94 bits per heavy atom. The van der Waals surface area contributed by atoms with Crippen molar-refractivity contribution in [3.63, 3.8) is 0 Å². The Morgan fingerprint density at radius 1 is 1.14 bits per heavy atom. The number of anilines is 1. The van der Waals surface area contributed by atoms with Gasteiger partial charge in [-0.25, -0.2) is 14.3 Å². The van der Waals surface area contributed by atoms with Crippen molar-refractivity contribution in [1.82, 2.24) is 29.5 Å². The fraction of sp³-hybridized carbons (Fsp3) is 0.296. The zero-order valence-electron chi connectivity index (χ0n) is 20.5. The number of hydrogen-bond acceptors (Lipinski definition) is 6. The Bertz CT molecular complexity index is 1550. The minimum atomic E-state index is 0.120. The second-order valence-electron chi connectivity index (χ2n) is 9.00. The van der Waals surface area contributed by atoms with Gasteiger partial charge < -0.3 is 10.7 Å². The van der Waals surface area contributed by atoms with Gasteiger partial charge in [0.1, 0.15) is 17.2 Å². The number of aryl methyl sites for hydroxylation is 2. The van der Waals surface area contributed by atoms with E-state index in [1.54, 1.807) is 29.1 Å². The summed E-state index contributed by atoms with van der Waals surface area (Å²) in [7, 11) is 0. The molecular formula is C27H28N8O. The van der Waals surface area contributed by atoms with Crippen LogP contribution in [0.4, 0.5) is 5.82 Å². The van der Waals surface area contributed by atoms with Crippen LogP contribution in [0, 0.1) is 18.3 Å². The Balaban J connectivity index is 1.70. The molecule has 0 radical (unpaired) electrons. The summed E-state index contributed by atoms with van der Waals surface area (Å²) in [5.41, 5.74) is 11.8. The molecule has 0 unspecified atom stereocenters. The number of nitrogens with two attached hydrogens (primary N) is 1. The maximum absolute atomic E-state index is 12.3. The molecule has 3 N–H and O–H groups in total. The van der Waals surface area contributed by atoms with Crippen molar-refractivity contribution in [3.05, 3.63) is 65.1 Å². The average Bonchev–Trinajstić information content (AvgIpc) is 3.54. The molecule has 1 aromatic carbocycles. The van der Waals surface area contributed by atoms with Gasteiger partial charge in [0.05, 0.1) is 28.6 Å². The Morgan fingerprint density at radius 3 is 2.69 bits per heavy atom. The molecule has 36 heavy (non-hydrogen) atoms. The van der Waals surface area contributed by atoms with Gasteiger partial charge in [0.15, 0.2) is 11.6 Å². The lowest BCUT2D eigenvalue weighted by atomic mass is 10.1. The SMILES string of the molecule is CCCCCn1nc(-c2ccc(C#N)cc2)c2ccnc(-n3nc(C)c4c3CCC4=O)cc(N)[nH]c21. The zero-order chi connectivity index (χ0) is 25.2. The number of nitrogens with zero attached hydrogens (tertiary/aromatic N) is 6. The van der Waals surface area contributed by atoms with Crippen molar-refractivity contribution in [2.24, 2.45) is 0 Å². The van der Waals surface area contributed by atoms with Gasteiger partial charge in [-0.15, -0.1) is 0 Å². The number of benzene rings is 1. The van der Waals surface area contributed by atoms with E-state index >= 15 is 0 Å². The quantitative estimate of drug-likeness (QED) is 0.380. The molecule has 0 saturated heterocycles. The smallest absolute Gasteiger partial charge is 0.166 e. The molecule has 0 spiro atoms. The molecule has 0 amide bonds. The van der Waals surface area contributed by atoms with Gasteiger partial charge in [0.25, 0.3) is 0 Å². The highest BCUT2D eigenvalue weighted by Gasteiger charge is 2.28. The number of rotatable bonds is 6. The highest BCUT2D eigenvalue weighted by atomic mass is 16.1. The number of nitrogens with one attached hydrogen (secondary N) is 1. The summed E-state index contributed by atoms with van der Waals surface area (Å²) in [5, 5.41) is 19.5. The van der Waals surface area contributed by atoms with E-state index in [9.17, 15) is 10.1 Å². The van der Waals surface area contributed by atoms with Crippen molar-refractivity contribution in [3.8, 4) is 23.1 Å². The molecule has 9 heteroatoms. The van der Waals surface area contributed by atoms with E-state index in [-0.39, 0.29) is 5.78 Å². The van der Waals surface area contributed by atoms with E-state index in [1.165, 1.54) is 0 Å². The fourth-order valence-corrected chi connectivity index (χ4v) is 4.72. The highest BCUT2D eigenvalue weighted by Crippen LogP contribution is 2.29. The largest absolute Gasteiger partial charge is 0.385 e. The van der Waals surface area contributed by atoms with Crippen LogP contribution in [-0.2, 0) is 13.0 Å². The summed E-state index contributed by atoms with van der Waals surface area (Å²) in [6.45, 7) is 4.75. The first-order chi connectivity index (χ1) is 17.5. The number of nitrogen functional groups attached to an aromatic ring is 1. The first-order valence-corrected chi connectivity index (χ1v) is 12.2. The van der Waals surface area contributed by atoms with Gasteiger partial charge in [0, 0.05) is 36.2 Å². The first-order valence-electron chi connectivity index (χ1n) is 12.2. The molecule has 0 aliphatic heterocycles. The summed E-state index contributed by atoms with van der Waals surface area (Å²) >= 11 is 0. The monoisotopic (exact) mass is 480 g/mol. The van der Waals surface area contributed by atoms with Crippen LogP contribution >= 0.6 is 0 Å². The summed E-state index contributed by atoms with van der Waals surface area (Å²) in [5.74, 6) is 1.05. The molecule has 5 rings (SSSR count). The molecule has 0 atom stereocenters. The average molecular weight is 481 g/mol. The number of H-pyrrole nitrogens is 1. The molecule has 3 aromatic heterocycles. The third-order valence-electron chi connectivity index (χ3n) is 6.49. The van der Waals surface area contributed by atoms with E-state index in [4.69, 9.17) is 10.8 Å². The van der Waals surface area contributed by atoms with Crippen molar-refractivity contribution in [1.29, 1.82) is 5.26 Å².